The molecule has 0 atom stereocenters. The van der Waals surface area contributed by atoms with Crippen LogP contribution >= 0.6 is 0 Å². The summed E-state index contributed by atoms with van der Waals surface area (Å²) in [7, 11) is 0. The van der Waals surface area contributed by atoms with E-state index in [-0.39, 0.29) is 6.61 Å². The maximum absolute atomic E-state index is 9.32. The average molecular weight is 244 g/mol. The van der Waals surface area contributed by atoms with Gasteiger partial charge in [0.15, 0.2) is 0 Å². The van der Waals surface area contributed by atoms with Crippen LogP contribution in [0, 0.1) is 0 Å². The number of pyridine rings is 1. The minimum absolute atomic E-state index is 0.0124. The van der Waals surface area contributed by atoms with Crippen LogP contribution in [0.3, 0.4) is 0 Å². The van der Waals surface area contributed by atoms with Crippen LogP contribution in [0.25, 0.3) is 10.8 Å². The fraction of sp³-hybridized carbons (Fsp3) is 0.400. The van der Waals surface area contributed by atoms with Crippen LogP contribution in [-0.4, -0.2) is 23.2 Å². The number of anilines is 1. The monoisotopic (exact) mass is 244 g/mol. The third-order valence-corrected chi connectivity index (χ3v) is 3.11. The van der Waals surface area contributed by atoms with Crippen LogP contribution in [0.2, 0.25) is 0 Å². The topological polar surface area (TPSA) is 36.4 Å². The van der Waals surface area contributed by atoms with Crippen LogP contribution < -0.4 is 4.90 Å². The van der Waals surface area contributed by atoms with E-state index in [4.69, 9.17) is 0 Å². The molecular formula is C15H20N2O. The van der Waals surface area contributed by atoms with Gasteiger partial charge in [-0.25, -0.2) is 4.98 Å². The van der Waals surface area contributed by atoms with E-state index in [2.05, 4.69) is 35.9 Å². The standard InChI is InChI=1S/C15H20N2O/c1-3-9-17(4-2)15-14-8-6-5-7-12(14)10-13(11-18)16-15/h5-8,10,18H,3-4,9,11H2,1-2H3. The van der Waals surface area contributed by atoms with Crippen molar-refractivity contribution in [2.75, 3.05) is 18.0 Å². The Balaban J connectivity index is 2.58. The van der Waals surface area contributed by atoms with Gasteiger partial charge in [0.2, 0.25) is 0 Å². The highest BCUT2D eigenvalue weighted by atomic mass is 16.3. The van der Waals surface area contributed by atoms with E-state index in [1.54, 1.807) is 0 Å². The SMILES string of the molecule is CCCN(CC)c1nc(CO)cc2ccccc12. The van der Waals surface area contributed by atoms with E-state index in [0.29, 0.717) is 0 Å². The number of aliphatic hydroxyl groups excluding tert-OH is 1. The minimum Gasteiger partial charge on any atom is -0.390 e. The van der Waals surface area contributed by atoms with E-state index in [1.807, 2.05) is 18.2 Å². The first-order valence-electron chi connectivity index (χ1n) is 6.54. The summed E-state index contributed by atoms with van der Waals surface area (Å²) in [5.41, 5.74) is 0.734. The summed E-state index contributed by atoms with van der Waals surface area (Å²) in [6, 6.07) is 10.2. The second-order valence-electron chi connectivity index (χ2n) is 4.40. The molecule has 0 aliphatic carbocycles. The van der Waals surface area contributed by atoms with Crippen molar-refractivity contribution in [2.24, 2.45) is 0 Å². The van der Waals surface area contributed by atoms with Crippen LogP contribution in [0.15, 0.2) is 30.3 Å². The lowest BCUT2D eigenvalue weighted by atomic mass is 10.1. The number of aliphatic hydroxyl groups is 1. The smallest absolute Gasteiger partial charge is 0.136 e. The first kappa shape index (κ1) is 12.8. The van der Waals surface area contributed by atoms with Gasteiger partial charge in [-0.3, -0.25) is 0 Å². The highest BCUT2D eigenvalue weighted by molar-refractivity contribution is 5.92. The van der Waals surface area contributed by atoms with Gasteiger partial charge in [-0.2, -0.15) is 0 Å². The third kappa shape index (κ3) is 2.46. The Morgan fingerprint density at radius 1 is 1.22 bits per heavy atom. The highest BCUT2D eigenvalue weighted by Gasteiger charge is 2.11. The molecule has 1 aromatic heterocycles. The molecule has 0 unspecified atom stereocenters. The molecule has 0 amide bonds. The fourth-order valence-corrected chi connectivity index (χ4v) is 2.24. The molecule has 1 heterocycles. The quantitative estimate of drug-likeness (QED) is 0.878. The Kier molecular flexibility index (Phi) is 4.15. The van der Waals surface area contributed by atoms with Gasteiger partial charge in [0.05, 0.1) is 12.3 Å². The molecule has 3 heteroatoms. The molecule has 0 bridgehead atoms. The molecule has 3 nitrogen and oxygen atoms in total. The van der Waals surface area contributed by atoms with Gasteiger partial charge in [0, 0.05) is 18.5 Å². The molecule has 0 fully saturated rings. The van der Waals surface area contributed by atoms with Crippen molar-refractivity contribution in [3.8, 4) is 0 Å². The van der Waals surface area contributed by atoms with Gasteiger partial charge in [-0.15, -0.1) is 0 Å². The van der Waals surface area contributed by atoms with Crippen molar-refractivity contribution in [1.29, 1.82) is 0 Å². The molecule has 0 aliphatic heterocycles. The van der Waals surface area contributed by atoms with Crippen LogP contribution in [0.5, 0.6) is 0 Å². The van der Waals surface area contributed by atoms with Crippen molar-refractivity contribution in [3.63, 3.8) is 0 Å². The van der Waals surface area contributed by atoms with Gasteiger partial charge in [0.1, 0.15) is 5.82 Å². The second-order valence-corrected chi connectivity index (χ2v) is 4.40. The summed E-state index contributed by atoms with van der Waals surface area (Å²) >= 11 is 0. The predicted octanol–water partition coefficient (Wildman–Crippen LogP) is 2.96. The van der Waals surface area contributed by atoms with E-state index in [9.17, 15) is 5.11 Å². The predicted molar refractivity (Wildman–Crippen MR) is 75.8 cm³/mol. The number of nitrogens with zero attached hydrogens (tertiary/aromatic N) is 2. The van der Waals surface area contributed by atoms with Crippen molar-refractivity contribution in [2.45, 2.75) is 26.9 Å². The zero-order valence-electron chi connectivity index (χ0n) is 11.1. The molecule has 0 radical (unpaired) electrons. The molecule has 0 spiro atoms. The first-order chi connectivity index (χ1) is 8.80. The lowest BCUT2D eigenvalue weighted by molar-refractivity contribution is 0.277. The minimum atomic E-state index is -0.0124. The molecular weight excluding hydrogens is 224 g/mol. The summed E-state index contributed by atoms with van der Waals surface area (Å²) in [6.07, 6.45) is 1.09. The number of rotatable bonds is 5. The molecule has 1 aromatic carbocycles. The van der Waals surface area contributed by atoms with E-state index in [1.165, 1.54) is 0 Å². The lowest BCUT2D eigenvalue weighted by Gasteiger charge is -2.23. The van der Waals surface area contributed by atoms with Crippen molar-refractivity contribution >= 4 is 16.6 Å². The molecule has 0 saturated carbocycles. The summed E-state index contributed by atoms with van der Waals surface area (Å²) in [4.78, 5) is 6.85. The summed E-state index contributed by atoms with van der Waals surface area (Å²) in [5.74, 6) is 0.988. The second kappa shape index (κ2) is 5.83. The summed E-state index contributed by atoms with van der Waals surface area (Å²) in [5, 5.41) is 11.6. The third-order valence-electron chi connectivity index (χ3n) is 3.11. The molecule has 1 N–H and O–H groups in total. The summed E-state index contributed by atoms with van der Waals surface area (Å²) < 4.78 is 0. The molecule has 2 rings (SSSR count). The molecule has 2 aromatic rings. The Hall–Kier alpha value is -1.61. The number of benzene rings is 1. The van der Waals surface area contributed by atoms with E-state index < -0.39 is 0 Å². The average Bonchev–Trinajstić information content (AvgIpc) is 2.43. The van der Waals surface area contributed by atoms with Crippen molar-refractivity contribution in [1.82, 2.24) is 4.98 Å². The van der Waals surface area contributed by atoms with Gasteiger partial charge in [-0.05, 0) is 24.8 Å². The number of hydrogen-bond donors (Lipinski definition) is 1. The molecule has 18 heavy (non-hydrogen) atoms. The molecule has 96 valence electrons. The van der Waals surface area contributed by atoms with Crippen molar-refractivity contribution < 1.29 is 5.11 Å². The lowest BCUT2D eigenvalue weighted by Crippen LogP contribution is -2.25. The van der Waals surface area contributed by atoms with Crippen LogP contribution in [0.4, 0.5) is 5.82 Å². The zero-order chi connectivity index (χ0) is 13.0. The molecule has 0 saturated heterocycles. The summed E-state index contributed by atoms with van der Waals surface area (Å²) in [6.45, 7) is 6.21. The van der Waals surface area contributed by atoms with E-state index >= 15 is 0 Å². The number of fused-ring (bicyclic) bond motifs is 1. The number of hydrogen-bond acceptors (Lipinski definition) is 3. The van der Waals surface area contributed by atoms with Gasteiger partial charge in [0.25, 0.3) is 0 Å². The number of aromatic nitrogens is 1. The maximum Gasteiger partial charge on any atom is 0.136 e. The largest absolute Gasteiger partial charge is 0.390 e. The van der Waals surface area contributed by atoms with Gasteiger partial charge < -0.3 is 10.0 Å². The van der Waals surface area contributed by atoms with E-state index in [0.717, 1.165) is 41.8 Å². The Morgan fingerprint density at radius 2 is 2.00 bits per heavy atom. The Bertz CT molecular complexity index is 525. The zero-order valence-corrected chi connectivity index (χ0v) is 11.1. The van der Waals surface area contributed by atoms with Gasteiger partial charge >= 0.3 is 0 Å². The normalized spacial score (nSPS) is 10.8. The Labute approximate surface area is 108 Å². The van der Waals surface area contributed by atoms with Gasteiger partial charge in [-0.1, -0.05) is 31.2 Å². The first-order valence-corrected chi connectivity index (χ1v) is 6.54. The molecule has 0 aliphatic rings. The van der Waals surface area contributed by atoms with Crippen LogP contribution in [0.1, 0.15) is 26.0 Å². The fourth-order valence-electron chi connectivity index (χ4n) is 2.24. The maximum atomic E-state index is 9.32. The van der Waals surface area contributed by atoms with Crippen molar-refractivity contribution in [3.05, 3.63) is 36.0 Å². The Morgan fingerprint density at radius 3 is 2.67 bits per heavy atom. The van der Waals surface area contributed by atoms with Crippen LogP contribution in [-0.2, 0) is 6.61 Å². The highest BCUT2D eigenvalue weighted by Crippen LogP contribution is 2.25.